The first-order valence-corrected chi connectivity index (χ1v) is 8.73. The molecule has 0 atom stereocenters. The second kappa shape index (κ2) is 8.72. The zero-order valence-electron chi connectivity index (χ0n) is 15.0. The van der Waals surface area contributed by atoms with Crippen molar-refractivity contribution in [3.8, 4) is 5.75 Å². The fraction of sp³-hybridized carbons (Fsp3) is 0.300. The molecule has 0 aliphatic carbocycles. The average molecular weight is 376 g/mol. The molecule has 0 aromatic heterocycles. The van der Waals surface area contributed by atoms with Crippen molar-refractivity contribution in [1.82, 2.24) is 0 Å². The maximum atomic E-state index is 12.5. The largest absolute Gasteiger partial charge is 0.478 e. The maximum absolute atomic E-state index is 12.5. The molecule has 5 nitrogen and oxygen atoms in total. The van der Waals surface area contributed by atoms with Gasteiger partial charge in [0, 0.05) is 10.7 Å². The molecule has 0 fully saturated rings. The first kappa shape index (κ1) is 19.8. The average Bonchev–Trinajstić information content (AvgIpc) is 2.62. The molecule has 0 saturated carbocycles. The standard InChI is InChI=1S/C20H22ClNO4/c1-4-13-25-18(23)14-5-9-16(10-6-14)22-19(24)20(2,3)26-17-11-7-15(21)8-12-17/h5-12H,4,13H2,1-3H3,(H,22,24). The summed E-state index contributed by atoms with van der Waals surface area (Å²) in [6.45, 7) is 5.66. The fourth-order valence-electron chi connectivity index (χ4n) is 2.09. The number of benzene rings is 2. The molecular formula is C20H22ClNO4. The van der Waals surface area contributed by atoms with E-state index in [-0.39, 0.29) is 11.9 Å². The molecule has 2 aromatic carbocycles. The van der Waals surface area contributed by atoms with Gasteiger partial charge in [0.05, 0.1) is 12.2 Å². The Labute approximate surface area is 158 Å². The minimum absolute atomic E-state index is 0.311. The summed E-state index contributed by atoms with van der Waals surface area (Å²) in [5, 5.41) is 3.38. The highest BCUT2D eigenvalue weighted by atomic mass is 35.5. The lowest BCUT2D eigenvalue weighted by molar-refractivity contribution is -0.128. The number of nitrogens with one attached hydrogen (secondary N) is 1. The monoisotopic (exact) mass is 375 g/mol. The van der Waals surface area contributed by atoms with Crippen LogP contribution in [0.1, 0.15) is 37.6 Å². The highest BCUT2D eigenvalue weighted by Gasteiger charge is 2.30. The van der Waals surface area contributed by atoms with E-state index in [0.29, 0.717) is 28.6 Å². The Morgan fingerprint density at radius 2 is 1.65 bits per heavy atom. The van der Waals surface area contributed by atoms with Crippen molar-refractivity contribution in [3.05, 3.63) is 59.1 Å². The minimum Gasteiger partial charge on any atom is -0.478 e. The van der Waals surface area contributed by atoms with E-state index in [0.717, 1.165) is 6.42 Å². The van der Waals surface area contributed by atoms with Crippen molar-refractivity contribution in [2.24, 2.45) is 0 Å². The van der Waals surface area contributed by atoms with Gasteiger partial charge in [-0.1, -0.05) is 18.5 Å². The highest BCUT2D eigenvalue weighted by molar-refractivity contribution is 6.30. The van der Waals surface area contributed by atoms with Crippen LogP contribution in [0, 0.1) is 0 Å². The summed E-state index contributed by atoms with van der Waals surface area (Å²) in [7, 11) is 0. The second-order valence-corrected chi connectivity index (χ2v) is 6.67. The predicted molar refractivity (Wildman–Crippen MR) is 102 cm³/mol. The van der Waals surface area contributed by atoms with Crippen molar-refractivity contribution in [1.29, 1.82) is 0 Å². The van der Waals surface area contributed by atoms with Crippen molar-refractivity contribution >= 4 is 29.2 Å². The quantitative estimate of drug-likeness (QED) is 0.712. The zero-order chi connectivity index (χ0) is 19.2. The van der Waals surface area contributed by atoms with Gasteiger partial charge >= 0.3 is 5.97 Å². The van der Waals surface area contributed by atoms with Crippen LogP contribution in [0.25, 0.3) is 0 Å². The lowest BCUT2D eigenvalue weighted by Gasteiger charge is -2.25. The van der Waals surface area contributed by atoms with Gasteiger partial charge in [-0.25, -0.2) is 4.79 Å². The minimum atomic E-state index is -1.09. The van der Waals surface area contributed by atoms with E-state index in [1.54, 1.807) is 62.4 Å². The van der Waals surface area contributed by atoms with Crippen molar-refractivity contribution in [3.63, 3.8) is 0 Å². The van der Waals surface area contributed by atoms with Crippen LogP contribution < -0.4 is 10.1 Å². The summed E-state index contributed by atoms with van der Waals surface area (Å²) in [5.41, 5.74) is -0.0880. The van der Waals surface area contributed by atoms with Gasteiger partial charge in [0.15, 0.2) is 5.60 Å². The molecule has 0 aliphatic rings. The number of esters is 1. The molecule has 1 N–H and O–H groups in total. The Morgan fingerprint density at radius 1 is 1.04 bits per heavy atom. The topological polar surface area (TPSA) is 64.6 Å². The third kappa shape index (κ3) is 5.49. The van der Waals surface area contributed by atoms with Gasteiger partial charge in [0.25, 0.3) is 5.91 Å². The molecule has 26 heavy (non-hydrogen) atoms. The summed E-state index contributed by atoms with van der Waals surface area (Å²) in [6, 6.07) is 13.3. The molecule has 0 heterocycles. The number of carbonyl (C=O) groups excluding carboxylic acids is 2. The van der Waals surface area contributed by atoms with Gasteiger partial charge < -0.3 is 14.8 Å². The number of halogens is 1. The molecule has 0 bridgehead atoms. The summed E-state index contributed by atoms with van der Waals surface area (Å²) in [4.78, 5) is 24.3. The molecule has 0 unspecified atom stereocenters. The number of hydrogen-bond donors (Lipinski definition) is 1. The summed E-state index contributed by atoms with van der Waals surface area (Å²) >= 11 is 5.85. The lowest BCUT2D eigenvalue weighted by atomic mass is 10.1. The second-order valence-electron chi connectivity index (χ2n) is 6.23. The zero-order valence-corrected chi connectivity index (χ0v) is 15.8. The van der Waals surface area contributed by atoms with Crippen molar-refractivity contribution < 1.29 is 19.1 Å². The Balaban J connectivity index is 1.99. The van der Waals surface area contributed by atoms with E-state index >= 15 is 0 Å². The van der Waals surface area contributed by atoms with Gasteiger partial charge in [-0.3, -0.25) is 4.79 Å². The molecule has 138 valence electrons. The van der Waals surface area contributed by atoms with Crippen molar-refractivity contribution in [2.45, 2.75) is 32.8 Å². The van der Waals surface area contributed by atoms with Crippen LogP contribution in [0.3, 0.4) is 0 Å². The Hall–Kier alpha value is -2.53. The Bertz CT molecular complexity index is 754. The highest BCUT2D eigenvalue weighted by Crippen LogP contribution is 2.22. The fourth-order valence-corrected chi connectivity index (χ4v) is 2.22. The van der Waals surface area contributed by atoms with E-state index in [9.17, 15) is 9.59 Å². The number of amides is 1. The van der Waals surface area contributed by atoms with Crippen LogP contribution in [0.4, 0.5) is 5.69 Å². The normalized spacial score (nSPS) is 10.9. The van der Waals surface area contributed by atoms with Crippen LogP contribution >= 0.6 is 11.6 Å². The molecule has 0 spiro atoms. The first-order chi connectivity index (χ1) is 12.3. The van der Waals surface area contributed by atoms with E-state index in [1.807, 2.05) is 6.92 Å². The maximum Gasteiger partial charge on any atom is 0.338 e. The third-order valence-corrected chi connectivity index (χ3v) is 3.80. The van der Waals surface area contributed by atoms with Crippen LogP contribution in [-0.4, -0.2) is 24.1 Å². The van der Waals surface area contributed by atoms with Gasteiger partial charge in [-0.15, -0.1) is 0 Å². The summed E-state index contributed by atoms with van der Waals surface area (Å²) in [6.07, 6.45) is 0.766. The summed E-state index contributed by atoms with van der Waals surface area (Å²) < 4.78 is 10.8. The molecule has 0 aliphatic heterocycles. The Kier molecular flexibility index (Phi) is 6.64. The lowest BCUT2D eigenvalue weighted by Crippen LogP contribution is -2.42. The van der Waals surface area contributed by atoms with E-state index < -0.39 is 5.60 Å². The smallest absolute Gasteiger partial charge is 0.338 e. The van der Waals surface area contributed by atoms with Crippen LogP contribution in [0.5, 0.6) is 5.75 Å². The predicted octanol–water partition coefficient (Wildman–Crippen LogP) is 4.70. The van der Waals surface area contributed by atoms with E-state index in [2.05, 4.69) is 5.32 Å². The van der Waals surface area contributed by atoms with Crippen LogP contribution in [-0.2, 0) is 9.53 Å². The molecule has 1 amide bonds. The van der Waals surface area contributed by atoms with Crippen LogP contribution in [0.15, 0.2) is 48.5 Å². The summed E-state index contributed by atoms with van der Waals surface area (Å²) in [5.74, 6) is -0.145. The van der Waals surface area contributed by atoms with Gasteiger partial charge in [0.1, 0.15) is 5.75 Å². The van der Waals surface area contributed by atoms with Gasteiger partial charge in [-0.2, -0.15) is 0 Å². The third-order valence-electron chi connectivity index (χ3n) is 3.55. The van der Waals surface area contributed by atoms with Gasteiger partial charge in [0.2, 0.25) is 0 Å². The first-order valence-electron chi connectivity index (χ1n) is 8.35. The Morgan fingerprint density at radius 3 is 2.23 bits per heavy atom. The number of hydrogen-bond acceptors (Lipinski definition) is 4. The van der Waals surface area contributed by atoms with E-state index in [1.165, 1.54) is 0 Å². The SMILES string of the molecule is CCCOC(=O)c1ccc(NC(=O)C(C)(C)Oc2ccc(Cl)cc2)cc1. The number of anilines is 1. The number of ether oxygens (including phenoxy) is 2. The molecular weight excluding hydrogens is 354 g/mol. The molecule has 0 saturated heterocycles. The molecule has 6 heteroatoms. The van der Waals surface area contributed by atoms with Crippen molar-refractivity contribution in [2.75, 3.05) is 11.9 Å². The number of carbonyl (C=O) groups is 2. The van der Waals surface area contributed by atoms with Gasteiger partial charge in [-0.05, 0) is 68.8 Å². The van der Waals surface area contributed by atoms with Crippen LogP contribution in [0.2, 0.25) is 5.02 Å². The molecule has 0 radical (unpaired) electrons. The van der Waals surface area contributed by atoms with E-state index in [4.69, 9.17) is 21.1 Å². The molecule has 2 rings (SSSR count). The molecule has 2 aromatic rings. The number of rotatable bonds is 7.